The first kappa shape index (κ1) is 83.5. The molecular formula is C57H88N14O23S. The first-order valence-electron chi connectivity index (χ1n) is 29.7. The fourth-order valence-corrected chi connectivity index (χ4v) is 8.70. The molecule has 1 aromatic carbocycles. The number of nitrogens with one attached hydrogen (secondary N) is 12. The summed E-state index contributed by atoms with van der Waals surface area (Å²) in [6.07, 6.45) is -7.20. The van der Waals surface area contributed by atoms with Crippen LogP contribution in [0.15, 0.2) is 30.3 Å². The number of benzene rings is 1. The minimum Gasteiger partial charge on any atom is -0.481 e. The molecule has 0 bridgehead atoms. The lowest BCUT2D eigenvalue weighted by Crippen LogP contribution is -2.62. The van der Waals surface area contributed by atoms with Gasteiger partial charge in [0.05, 0.1) is 44.7 Å². The molecule has 12 unspecified atom stereocenters. The van der Waals surface area contributed by atoms with Crippen molar-refractivity contribution in [3.05, 3.63) is 35.9 Å². The van der Waals surface area contributed by atoms with Crippen LogP contribution in [0.25, 0.3) is 0 Å². The van der Waals surface area contributed by atoms with Gasteiger partial charge in [-0.3, -0.25) is 76.7 Å². The summed E-state index contributed by atoms with van der Waals surface area (Å²) in [5.41, 5.74) is 11.9. The molecule has 0 heterocycles. The first-order valence-corrected chi connectivity index (χ1v) is 30.4. The standard InChI is InChI=1S/C57H88N14O23S/c1-25(2)17-32(50(86)69-36(23-72)48(84)61-21-39(75)62-35(57(93)94)18-29-11-9-8-10-12-29)66-51(87)33(19-38(58)74)68-56(92)46(28(7)73)71-53(89)37(24-95)63-40(76)22-60-47(83)30(13-15-41(77)78)64-52(88)34(20-43(81)82)67-49(85)31(14-16-42(79)80)65-55(91)45(27(5)6)70-54(90)44(59)26(3)4/h8-12,25-28,30-37,44-46,72-73,95H,13-24,59H2,1-7H3,(H2,58,74)(H,60,83)(H,61,84)(H,62,75)(H,63,76)(H,64,88)(H,65,91)(H,66,87)(H,67,85)(H,68,92)(H,69,86)(H,70,90)(H,71,89)(H,77,78)(H,79,80)(H,81,82)(H,93,94). The number of carboxylic acids is 4. The maximum absolute atomic E-state index is 13.8. The molecule has 0 fully saturated rings. The summed E-state index contributed by atoms with van der Waals surface area (Å²) < 4.78 is 0. The number of carbonyl (C=O) groups excluding carboxylic acids is 13. The predicted molar refractivity (Wildman–Crippen MR) is 333 cm³/mol. The van der Waals surface area contributed by atoms with Gasteiger partial charge in [0, 0.05) is 25.0 Å². The summed E-state index contributed by atoms with van der Waals surface area (Å²) in [4.78, 5) is 220. The molecule has 13 amide bonds. The van der Waals surface area contributed by atoms with Crippen molar-refractivity contribution in [2.24, 2.45) is 29.2 Å². The van der Waals surface area contributed by atoms with Crippen molar-refractivity contribution >= 4 is 113 Å². The number of carboxylic acid groups (broad SMARTS) is 4. The van der Waals surface area contributed by atoms with Crippen molar-refractivity contribution in [2.45, 2.75) is 172 Å². The second kappa shape index (κ2) is 41.9. The highest BCUT2D eigenvalue weighted by Crippen LogP contribution is 2.12. The molecule has 0 radical (unpaired) electrons. The number of thiol groups is 1. The van der Waals surface area contributed by atoms with E-state index in [4.69, 9.17) is 11.5 Å². The van der Waals surface area contributed by atoms with Crippen LogP contribution in [-0.2, 0) is 87.9 Å². The molecule has 38 heteroatoms. The van der Waals surface area contributed by atoms with Crippen LogP contribution < -0.4 is 75.3 Å². The lowest BCUT2D eigenvalue weighted by molar-refractivity contribution is -0.142. The zero-order valence-corrected chi connectivity index (χ0v) is 54.2. The number of primary amides is 1. The largest absolute Gasteiger partial charge is 0.481 e. The highest BCUT2D eigenvalue weighted by molar-refractivity contribution is 7.80. The fourth-order valence-electron chi connectivity index (χ4n) is 8.44. The van der Waals surface area contributed by atoms with Crippen molar-refractivity contribution < 1.29 is 112 Å². The first-order chi connectivity index (χ1) is 44.3. The molecule has 95 heavy (non-hydrogen) atoms. The minimum atomic E-state index is -2.10. The second-order valence-corrected chi connectivity index (χ2v) is 23.3. The summed E-state index contributed by atoms with van der Waals surface area (Å²) in [6.45, 7) is 7.71. The van der Waals surface area contributed by atoms with Gasteiger partial charge in [-0.2, -0.15) is 12.6 Å². The van der Waals surface area contributed by atoms with Crippen molar-refractivity contribution in [1.29, 1.82) is 0 Å². The Kier molecular flexibility index (Phi) is 36.8. The van der Waals surface area contributed by atoms with E-state index in [0.29, 0.717) is 5.56 Å². The second-order valence-electron chi connectivity index (χ2n) is 22.9. The van der Waals surface area contributed by atoms with Gasteiger partial charge in [-0.1, -0.05) is 71.9 Å². The average Bonchev–Trinajstić information content (AvgIpc) is 0.891. The Hall–Kier alpha value is -9.56. The highest BCUT2D eigenvalue weighted by Gasteiger charge is 2.38. The molecule has 1 aromatic rings. The number of nitrogens with two attached hydrogens (primary N) is 2. The zero-order chi connectivity index (χ0) is 72.6. The quantitative estimate of drug-likeness (QED) is 0.0270. The Morgan fingerprint density at radius 2 is 0.863 bits per heavy atom. The van der Waals surface area contributed by atoms with E-state index in [1.54, 1.807) is 58.0 Å². The van der Waals surface area contributed by atoms with Gasteiger partial charge >= 0.3 is 23.9 Å². The molecule has 0 aliphatic heterocycles. The Morgan fingerprint density at radius 3 is 1.32 bits per heavy atom. The summed E-state index contributed by atoms with van der Waals surface area (Å²) in [6, 6.07) is -10.2. The lowest BCUT2D eigenvalue weighted by atomic mass is 9.99. The summed E-state index contributed by atoms with van der Waals surface area (Å²) in [5.74, 6) is -23.0. The van der Waals surface area contributed by atoms with Gasteiger partial charge in [0.15, 0.2) is 0 Å². The molecule has 22 N–H and O–H groups in total. The van der Waals surface area contributed by atoms with E-state index in [0.717, 1.165) is 6.92 Å². The van der Waals surface area contributed by atoms with Crippen LogP contribution in [0.3, 0.4) is 0 Å². The number of aliphatic hydroxyl groups is 2. The Balaban J connectivity index is 3.24. The minimum absolute atomic E-state index is 0.100. The van der Waals surface area contributed by atoms with E-state index in [2.05, 4.69) is 76.4 Å². The van der Waals surface area contributed by atoms with Gasteiger partial charge in [-0.05, 0) is 49.5 Å². The van der Waals surface area contributed by atoms with Gasteiger partial charge in [-0.15, -0.1) is 0 Å². The number of aliphatic hydroxyl groups excluding tert-OH is 2. The molecule has 0 aromatic heterocycles. The van der Waals surface area contributed by atoms with Crippen LogP contribution in [0.5, 0.6) is 0 Å². The number of carbonyl (C=O) groups is 17. The average molecular weight is 1370 g/mol. The molecule has 0 aliphatic rings. The summed E-state index contributed by atoms with van der Waals surface area (Å²) >= 11 is 4.04. The monoisotopic (exact) mass is 1370 g/mol. The van der Waals surface area contributed by atoms with E-state index in [1.165, 1.54) is 13.8 Å². The summed E-state index contributed by atoms with van der Waals surface area (Å²) in [5, 5.41) is 85.2. The number of rotatable bonds is 44. The molecule has 0 saturated heterocycles. The molecule has 37 nitrogen and oxygen atoms in total. The van der Waals surface area contributed by atoms with Gasteiger partial charge in [0.25, 0.3) is 0 Å². The van der Waals surface area contributed by atoms with Crippen LogP contribution in [0, 0.1) is 17.8 Å². The summed E-state index contributed by atoms with van der Waals surface area (Å²) in [7, 11) is 0. The van der Waals surface area contributed by atoms with Crippen LogP contribution in [0.4, 0.5) is 0 Å². The third-order valence-electron chi connectivity index (χ3n) is 13.7. The maximum atomic E-state index is 13.8. The molecule has 0 spiro atoms. The van der Waals surface area contributed by atoms with E-state index in [9.17, 15) is 112 Å². The molecule has 1 rings (SSSR count). The lowest BCUT2D eigenvalue weighted by Gasteiger charge is -2.28. The Morgan fingerprint density at radius 1 is 0.453 bits per heavy atom. The van der Waals surface area contributed by atoms with Crippen LogP contribution >= 0.6 is 12.6 Å². The third kappa shape index (κ3) is 31.8. The molecule has 0 aliphatic carbocycles. The third-order valence-corrected chi connectivity index (χ3v) is 14.1. The van der Waals surface area contributed by atoms with E-state index in [1.807, 2.05) is 0 Å². The number of hydrogen-bond donors (Lipinski definition) is 21. The molecular weight excluding hydrogens is 1280 g/mol. The van der Waals surface area contributed by atoms with Gasteiger partial charge in [0.2, 0.25) is 76.8 Å². The van der Waals surface area contributed by atoms with E-state index < -0.39 is 243 Å². The van der Waals surface area contributed by atoms with Gasteiger partial charge in [-0.25, -0.2) is 4.79 Å². The SMILES string of the molecule is CC(C)CC(NC(=O)C(CC(N)=O)NC(=O)C(NC(=O)C(CS)NC(=O)CNC(=O)C(CCC(=O)O)NC(=O)C(CC(=O)O)NC(=O)C(CCC(=O)O)NC(=O)C(NC(=O)C(N)C(C)C)C(C)C)C(C)O)C(=O)NC(CO)C(=O)NCC(=O)NC(Cc1ccccc1)C(=O)O. The normalized spacial score (nSPS) is 14.8. The highest BCUT2D eigenvalue weighted by atomic mass is 32.1. The Labute approximate surface area is 550 Å². The maximum Gasteiger partial charge on any atom is 0.326 e. The van der Waals surface area contributed by atoms with Gasteiger partial charge < -0.3 is 106 Å². The predicted octanol–water partition coefficient (Wildman–Crippen LogP) is -7.54. The van der Waals surface area contributed by atoms with Crippen molar-refractivity contribution in [2.75, 3.05) is 25.4 Å². The van der Waals surface area contributed by atoms with Crippen LogP contribution in [0.2, 0.25) is 0 Å². The number of aliphatic carboxylic acids is 4. The van der Waals surface area contributed by atoms with Crippen LogP contribution in [0.1, 0.15) is 99.0 Å². The zero-order valence-electron chi connectivity index (χ0n) is 53.3. The van der Waals surface area contributed by atoms with E-state index >= 15 is 0 Å². The number of hydrogen-bond acceptors (Lipinski definition) is 21. The Bertz CT molecular complexity index is 2900. The topological polar surface area (TPSA) is 608 Å². The molecule has 12 atom stereocenters. The van der Waals surface area contributed by atoms with Gasteiger partial charge in [0.1, 0.15) is 60.4 Å². The fraction of sp³-hybridized carbons (Fsp3) is 0.596. The van der Waals surface area contributed by atoms with Crippen molar-refractivity contribution in [1.82, 2.24) is 63.8 Å². The molecule has 0 saturated carbocycles. The smallest absolute Gasteiger partial charge is 0.326 e. The van der Waals surface area contributed by atoms with E-state index in [-0.39, 0.29) is 24.7 Å². The van der Waals surface area contributed by atoms with Crippen molar-refractivity contribution in [3.8, 4) is 0 Å². The van der Waals surface area contributed by atoms with Crippen LogP contribution in [-0.4, -0.2) is 229 Å². The van der Waals surface area contributed by atoms with Crippen molar-refractivity contribution in [3.63, 3.8) is 0 Å². The molecule has 530 valence electrons. The number of amides is 13.